The first-order valence-corrected chi connectivity index (χ1v) is 6.00. The number of nitrogens with zero attached hydrogens (tertiary/aromatic N) is 5. The van der Waals surface area contributed by atoms with Gasteiger partial charge >= 0.3 is 17.6 Å². The third-order valence-corrected chi connectivity index (χ3v) is 3.10. The number of nitriles is 1. The van der Waals surface area contributed by atoms with E-state index in [2.05, 4.69) is 19.4 Å². The highest BCUT2D eigenvalue weighted by molar-refractivity contribution is 6.04. The maximum atomic E-state index is 12.1. The van der Waals surface area contributed by atoms with Gasteiger partial charge in [0, 0.05) is 6.20 Å². The normalized spacial score (nSPS) is 22.5. The van der Waals surface area contributed by atoms with Crippen molar-refractivity contribution in [2.24, 2.45) is 5.10 Å². The van der Waals surface area contributed by atoms with Crippen LogP contribution in [0.15, 0.2) is 28.6 Å². The smallest absolute Gasteiger partial charge is 0.462 e. The summed E-state index contributed by atoms with van der Waals surface area (Å²) in [5.74, 6) is -1.86. The van der Waals surface area contributed by atoms with Gasteiger partial charge in [-0.25, -0.2) is 21.2 Å². The number of carbonyl (C=O) groups excluding carboxylic acids is 2. The molecule has 0 N–H and O–H groups in total. The van der Waals surface area contributed by atoms with Crippen molar-refractivity contribution in [3.63, 3.8) is 0 Å². The van der Waals surface area contributed by atoms with Gasteiger partial charge in [-0.2, -0.15) is 10.4 Å². The summed E-state index contributed by atoms with van der Waals surface area (Å²) >= 11 is 0. The molecule has 2 heterocycles. The first-order valence-electron chi connectivity index (χ1n) is 6.00. The molecule has 0 aromatic carbocycles. The average molecular weight is 301 g/mol. The molecule has 0 aliphatic carbocycles. The van der Waals surface area contributed by atoms with Crippen molar-refractivity contribution in [1.29, 1.82) is 5.26 Å². The summed E-state index contributed by atoms with van der Waals surface area (Å²) in [5, 5.41) is 15.7. The molecule has 0 spiro atoms. The van der Waals surface area contributed by atoms with E-state index in [9.17, 15) is 14.9 Å². The van der Waals surface area contributed by atoms with Crippen molar-refractivity contribution in [2.45, 2.75) is 12.6 Å². The van der Waals surface area contributed by atoms with Crippen LogP contribution >= 0.6 is 0 Å². The molecular formula is C13H11N5O4. The number of esters is 2. The quantitative estimate of drug-likeness (QED) is 0.529. The summed E-state index contributed by atoms with van der Waals surface area (Å²) in [5.41, 5.74) is -2.35. The maximum Gasteiger partial charge on any atom is 0.462 e. The Labute approximate surface area is 126 Å². The predicted molar refractivity (Wildman–Crippen MR) is 71.9 cm³/mol. The Hall–Kier alpha value is -3.33. The molecule has 2 aliphatic rings. The molecule has 0 radical (unpaired) electrons. The largest absolute Gasteiger partial charge is 0.465 e. The number of fused-ring (bicyclic) bond motifs is 1. The molecule has 0 saturated heterocycles. The van der Waals surface area contributed by atoms with Crippen LogP contribution < -0.4 is 0 Å². The van der Waals surface area contributed by atoms with Crippen LogP contribution in [0.2, 0.25) is 0 Å². The van der Waals surface area contributed by atoms with Gasteiger partial charge in [0.15, 0.2) is 17.3 Å². The lowest BCUT2D eigenvalue weighted by molar-refractivity contribution is -0.140. The number of rotatable bonds is 2. The third-order valence-electron chi connectivity index (χ3n) is 3.10. The molecule has 0 bridgehead atoms. The first-order chi connectivity index (χ1) is 10.5. The van der Waals surface area contributed by atoms with E-state index in [-0.39, 0.29) is 5.70 Å². The zero-order valence-electron chi connectivity index (χ0n) is 12.0. The number of hydrazone groups is 1. The van der Waals surface area contributed by atoms with Crippen LogP contribution in [0.5, 0.6) is 0 Å². The van der Waals surface area contributed by atoms with Crippen molar-refractivity contribution in [3.8, 4) is 6.07 Å². The summed E-state index contributed by atoms with van der Waals surface area (Å²) in [7, 11) is 2.22. The third kappa shape index (κ3) is 1.80. The average Bonchev–Trinajstić information content (AvgIpc) is 2.83. The van der Waals surface area contributed by atoms with Crippen LogP contribution in [0.1, 0.15) is 6.92 Å². The molecule has 9 heteroatoms. The van der Waals surface area contributed by atoms with Crippen molar-refractivity contribution in [2.75, 3.05) is 14.2 Å². The summed E-state index contributed by atoms with van der Waals surface area (Å²) in [6.07, 6.45) is 2.98. The summed E-state index contributed by atoms with van der Waals surface area (Å²) < 4.78 is 9.28. The van der Waals surface area contributed by atoms with Gasteiger partial charge in [0.05, 0.1) is 19.9 Å². The Balaban J connectivity index is 2.81. The molecule has 0 fully saturated rings. The molecule has 1 atom stereocenters. The standard InChI is InChI=1S/C13H11N5O4/c1-8-5-6-17-10(12(20)22-4)9(11(19)21-3)13(7-14,15-2)18(17)16-8/h5-6H,1,3-4H3. The number of ether oxygens (including phenoxy) is 2. The van der Waals surface area contributed by atoms with Gasteiger partial charge in [0.1, 0.15) is 0 Å². The monoisotopic (exact) mass is 301 g/mol. The van der Waals surface area contributed by atoms with Crippen molar-refractivity contribution >= 4 is 17.7 Å². The molecule has 2 aliphatic heterocycles. The summed E-state index contributed by atoms with van der Waals surface area (Å²) in [4.78, 5) is 27.4. The minimum atomic E-state index is -2.14. The fourth-order valence-corrected chi connectivity index (χ4v) is 2.11. The fourth-order valence-electron chi connectivity index (χ4n) is 2.11. The predicted octanol–water partition coefficient (Wildman–Crippen LogP) is 0.161. The van der Waals surface area contributed by atoms with Crippen LogP contribution in [-0.2, 0) is 19.1 Å². The molecule has 9 nitrogen and oxygen atoms in total. The van der Waals surface area contributed by atoms with Crippen LogP contribution in [0.3, 0.4) is 0 Å². The fraction of sp³-hybridized carbons (Fsp3) is 0.308. The topological polar surface area (TPSA) is 99.6 Å². The second-order valence-corrected chi connectivity index (χ2v) is 4.29. The highest BCUT2D eigenvalue weighted by atomic mass is 16.5. The van der Waals surface area contributed by atoms with Gasteiger partial charge < -0.3 is 9.47 Å². The van der Waals surface area contributed by atoms with Crippen LogP contribution in [0.4, 0.5) is 0 Å². The Kier molecular flexibility index (Phi) is 3.57. The highest BCUT2D eigenvalue weighted by Crippen LogP contribution is 2.42. The minimum Gasteiger partial charge on any atom is -0.465 e. The van der Waals surface area contributed by atoms with E-state index >= 15 is 0 Å². The Morgan fingerprint density at radius 1 is 1.41 bits per heavy atom. The number of hydrogen-bond acceptors (Lipinski definition) is 8. The van der Waals surface area contributed by atoms with Gasteiger partial charge in [0.2, 0.25) is 0 Å². The van der Waals surface area contributed by atoms with Gasteiger partial charge in [0.25, 0.3) is 0 Å². The van der Waals surface area contributed by atoms with Crippen LogP contribution in [0, 0.1) is 17.9 Å². The Morgan fingerprint density at radius 2 is 2.05 bits per heavy atom. The number of hydrazine groups is 1. The van der Waals surface area contributed by atoms with Gasteiger partial charge in [-0.1, -0.05) is 0 Å². The lowest BCUT2D eigenvalue weighted by Crippen LogP contribution is -2.47. The van der Waals surface area contributed by atoms with E-state index in [1.54, 1.807) is 19.1 Å². The lowest BCUT2D eigenvalue weighted by Gasteiger charge is -2.29. The zero-order valence-corrected chi connectivity index (χ0v) is 12.0. The molecule has 0 saturated carbocycles. The Bertz CT molecular complexity index is 708. The van der Waals surface area contributed by atoms with E-state index in [0.717, 1.165) is 24.3 Å². The maximum absolute atomic E-state index is 12.1. The second kappa shape index (κ2) is 5.22. The summed E-state index contributed by atoms with van der Waals surface area (Å²) in [6.45, 7) is 9.02. The van der Waals surface area contributed by atoms with E-state index in [0.29, 0.717) is 5.71 Å². The molecule has 112 valence electrons. The van der Waals surface area contributed by atoms with E-state index in [4.69, 9.17) is 6.57 Å². The van der Waals surface area contributed by atoms with E-state index in [1.807, 2.05) is 0 Å². The molecule has 2 rings (SSSR count). The Morgan fingerprint density at radius 3 is 2.55 bits per heavy atom. The van der Waals surface area contributed by atoms with E-state index < -0.39 is 23.2 Å². The van der Waals surface area contributed by atoms with Crippen LogP contribution in [-0.4, -0.2) is 47.7 Å². The number of methoxy groups -OCH3 is 2. The van der Waals surface area contributed by atoms with Gasteiger partial charge in [-0.3, -0.25) is 4.85 Å². The molecule has 0 aromatic heterocycles. The minimum absolute atomic E-state index is 0.278. The SMILES string of the molecule is [C-]#[N+]C1(C#N)C(C(=O)OC)=C(C(=O)OC)N2C=CC(C)=NN21. The van der Waals surface area contributed by atoms with Gasteiger partial charge in [-0.05, 0) is 13.0 Å². The van der Waals surface area contributed by atoms with Gasteiger partial charge in [-0.15, -0.1) is 5.12 Å². The van der Waals surface area contributed by atoms with E-state index in [1.165, 1.54) is 6.20 Å². The molecule has 0 aromatic rings. The molecular weight excluding hydrogens is 290 g/mol. The molecule has 1 unspecified atom stereocenters. The summed E-state index contributed by atoms with van der Waals surface area (Å²) in [6, 6.07) is 1.74. The lowest BCUT2D eigenvalue weighted by atomic mass is 10.0. The van der Waals surface area contributed by atoms with Crippen molar-refractivity contribution in [1.82, 2.24) is 10.1 Å². The second-order valence-electron chi connectivity index (χ2n) is 4.29. The highest BCUT2D eigenvalue weighted by Gasteiger charge is 2.64. The van der Waals surface area contributed by atoms with Crippen molar-refractivity contribution in [3.05, 3.63) is 35.0 Å². The number of allylic oxidation sites excluding steroid dienone is 1. The molecule has 0 amide bonds. The number of carbonyl (C=O) groups is 2. The van der Waals surface area contributed by atoms with Crippen molar-refractivity contribution < 1.29 is 19.1 Å². The number of hydrogen-bond donors (Lipinski definition) is 0. The first kappa shape index (κ1) is 15.1. The molecule has 22 heavy (non-hydrogen) atoms. The zero-order chi connectivity index (χ0) is 16.5. The van der Waals surface area contributed by atoms with Crippen LogP contribution in [0.25, 0.3) is 4.85 Å².